The number of carbonyl (C=O) groups excluding carboxylic acids is 3. The molecule has 3 rings (SSSR count). The molecule has 1 aliphatic heterocycles. The summed E-state index contributed by atoms with van der Waals surface area (Å²) in [5.74, 6) is 0.0626. The topological polar surface area (TPSA) is 105 Å². The highest BCUT2D eigenvalue weighted by Crippen LogP contribution is 2.16. The van der Waals surface area contributed by atoms with Crippen LogP contribution in [0.25, 0.3) is 0 Å². The molecule has 2 heterocycles. The van der Waals surface area contributed by atoms with Crippen molar-refractivity contribution in [3.63, 3.8) is 0 Å². The van der Waals surface area contributed by atoms with Crippen LogP contribution in [-0.2, 0) is 4.79 Å². The number of aromatic nitrogens is 1. The van der Waals surface area contributed by atoms with E-state index < -0.39 is 0 Å². The van der Waals surface area contributed by atoms with Gasteiger partial charge in [0.05, 0.1) is 0 Å². The van der Waals surface area contributed by atoms with E-state index in [2.05, 4.69) is 15.8 Å². The summed E-state index contributed by atoms with van der Waals surface area (Å²) in [6, 6.07) is 8.41. The van der Waals surface area contributed by atoms with Gasteiger partial charge in [-0.25, -0.2) is 0 Å². The fraction of sp³-hybridized carbons (Fsp3) is 0.368. The van der Waals surface area contributed by atoms with E-state index in [1.165, 1.54) is 6.92 Å². The van der Waals surface area contributed by atoms with Crippen molar-refractivity contribution in [1.29, 1.82) is 0 Å². The molecule has 0 atom stereocenters. The lowest BCUT2D eigenvalue weighted by atomic mass is 10.0. The molecule has 2 aromatic rings. The van der Waals surface area contributed by atoms with Crippen LogP contribution in [0.1, 0.15) is 46.4 Å². The summed E-state index contributed by atoms with van der Waals surface area (Å²) in [6.45, 7) is 4.25. The smallest absolute Gasteiger partial charge is 0.276 e. The number of benzene rings is 1. The van der Waals surface area contributed by atoms with Crippen LogP contribution in [0.15, 0.2) is 34.9 Å². The first kappa shape index (κ1) is 18.6. The fourth-order valence-corrected chi connectivity index (χ4v) is 3.07. The lowest BCUT2D eigenvalue weighted by Crippen LogP contribution is -2.46. The largest absolute Gasteiger partial charge is 0.361 e. The van der Waals surface area contributed by atoms with Gasteiger partial charge in [0.1, 0.15) is 5.76 Å². The van der Waals surface area contributed by atoms with Gasteiger partial charge >= 0.3 is 0 Å². The minimum atomic E-state index is -0.195. The number of nitrogens with zero attached hydrogens (tertiary/aromatic N) is 2. The molecule has 1 saturated heterocycles. The summed E-state index contributed by atoms with van der Waals surface area (Å²) in [4.78, 5) is 37.7. The number of likely N-dealkylation sites (tertiary alicyclic amines) is 1. The van der Waals surface area contributed by atoms with E-state index in [-0.39, 0.29) is 23.8 Å². The molecule has 0 aliphatic carbocycles. The highest BCUT2D eigenvalue weighted by atomic mass is 16.5. The third-order valence-corrected chi connectivity index (χ3v) is 4.41. The molecular formula is C19H22N4O4. The predicted molar refractivity (Wildman–Crippen MR) is 98.4 cm³/mol. The van der Waals surface area contributed by atoms with Gasteiger partial charge in [-0.15, -0.1) is 0 Å². The molecule has 3 amide bonds. The Bertz CT molecular complexity index is 853. The van der Waals surface area contributed by atoms with Crippen molar-refractivity contribution in [3.05, 3.63) is 47.3 Å². The molecule has 1 aliphatic rings. The van der Waals surface area contributed by atoms with Gasteiger partial charge in [-0.2, -0.15) is 0 Å². The number of piperidine rings is 1. The van der Waals surface area contributed by atoms with E-state index in [1.807, 2.05) is 0 Å². The second-order valence-electron chi connectivity index (χ2n) is 6.62. The molecule has 142 valence electrons. The Kier molecular flexibility index (Phi) is 5.54. The maximum Gasteiger partial charge on any atom is 0.276 e. The zero-order valence-electron chi connectivity index (χ0n) is 15.3. The molecule has 8 heteroatoms. The van der Waals surface area contributed by atoms with E-state index in [4.69, 9.17) is 4.52 Å². The minimum absolute atomic E-state index is 0.00924. The molecule has 1 aromatic carbocycles. The van der Waals surface area contributed by atoms with Crippen molar-refractivity contribution in [1.82, 2.24) is 15.4 Å². The Balaban J connectivity index is 1.53. The molecule has 8 nitrogen and oxygen atoms in total. The van der Waals surface area contributed by atoms with Crippen LogP contribution in [0, 0.1) is 6.92 Å². The number of amides is 3. The Hall–Kier alpha value is -3.16. The van der Waals surface area contributed by atoms with Gasteiger partial charge in [-0.3, -0.25) is 14.4 Å². The van der Waals surface area contributed by atoms with E-state index in [9.17, 15) is 14.4 Å². The van der Waals surface area contributed by atoms with Crippen LogP contribution >= 0.6 is 0 Å². The Morgan fingerprint density at radius 3 is 2.56 bits per heavy atom. The molecule has 0 bridgehead atoms. The quantitative estimate of drug-likeness (QED) is 0.856. The van der Waals surface area contributed by atoms with Crippen molar-refractivity contribution < 1.29 is 18.9 Å². The average Bonchev–Trinajstić information content (AvgIpc) is 3.08. The number of hydrogen-bond acceptors (Lipinski definition) is 5. The normalized spacial score (nSPS) is 14.7. The van der Waals surface area contributed by atoms with Crippen molar-refractivity contribution in [3.8, 4) is 0 Å². The van der Waals surface area contributed by atoms with Crippen molar-refractivity contribution in [2.75, 3.05) is 18.4 Å². The summed E-state index contributed by atoms with van der Waals surface area (Å²) in [5, 5.41) is 9.42. The van der Waals surface area contributed by atoms with Gasteiger partial charge in [-0.1, -0.05) is 11.2 Å². The maximum atomic E-state index is 12.5. The number of aryl methyl sites for hydroxylation is 1. The molecule has 2 N–H and O–H groups in total. The maximum absolute atomic E-state index is 12.5. The zero-order chi connectivity index (χ0) is 19.4. The Labute approximate surface area is 156 Å². The van der Waals surface area contributed by atoms with Gasteiger partial charge in [0.2, 0.25) is 5.91 Å². The average molecular weight is 370 g/mol. The standard InChI is InChI=1S/C19H22N4O4/c1-12-10-17(22-27-12)19(26)23-8-6-15(7-9-23)21-18(25)14-4-3-5-16(11-14)20-13(2)24/h3-5,10-11,15H,6-9H2,1-2H3,(H,20,24)(H,21,25). The Morgan fingerprint density at radius 1 is 1.19 bits per heavy atom. The second kappa shape index (κ2) is 8.03. The van der Waals surface area contributed by atoms with Crippen LogP contribution in [0.5, 0.6) is 0 Å². The molecule has 27 heavy (non-hydrogen) atoms. The highest BCUT2D eigenvalue weighted by molar-refractivity contribution is 5.97. The van der Waals surface area contributed by atoms with Gasteiger partial charge in [-0.05, 0) is 38.0 Å². The van der Waals surface area contributed by atoms with Crippen LogP contribution in [-0.4, -0.2) is 46.9 Å². The summed E-state index contributed by atoms with van der Waals surface area (Å²) in [6.07, 6.45) is 1.33. The molecule has 0 saturated carbocycles. The summed E-state index contributed by atoms with van der Waals surface area (Å²) >= 11 is 0. The number of rotatable bonds is 4. The highest BCUT2D eigenvalue weighted by Gasteiger charge is 2.26. The lowest BCUT2D eigenvalue weighted by molar-refractivity contribution is -0.114. The monoisotopic (exact) mass is 370 g/mol. The van der Waals surface area contributed by atoms with Crippen molar-refractivity contribution in [2.24, 2.45) is 0 Å². The summed E-state index contributed by atoms with van der Waals surface area (Å²) in [5.41, 5.74) is 1.38. The van der Waals surface area contributed by atoms with Crippen molar-refractivity contribution >= 4 is 23.4 Å². The molecule has 0 radical (unpaired) electrons. The van der Waals surface area contributed by atoms with E-state index in [1.54, 1.807) is 42.2 Å². The number of nitrogens with one attached hydrogen (secondary N) is 2. The van der Waals surface area contributed by atoms with E-state index in [0.717, 1.165) is 0 Å². The molecule has 1 aromatic heterocycles. The van der Waals surface area contributed by atoms with E-state index in [0.29, 0.717) is 48.6 Å². The number of anilines is 1. The van der Waals surface area contributed by atoms with Crippen LogP contribution < -0.4 is 10.6 Å². The first-order chi connectivity index (χ1) is 12.9. The van der Waals surface area contributed by atoms with E-state index >= 15 is 0 Å². The van der Waals surface area contributed by atoms with Gasteiger partial charge in [0, 0.05) is 43.4 Å². The molecular weight excluding hydrogens is 348 g/mol. The van der Waals surface area contributed by atoms with Gasteiger partial charge in [0.15, 0.2) is 5.69 Å². The second-order valence-corrected chi connectivity index (χ2v) is 6.62. The third-order valence-electron chi connectivity index (χ3n) is 4.41. The summed E-state index contributed by atoms with van der Waals surface area (Å²) in [7, 11) is 0. The van der Waals surface area contributed by atoms with Gasteiger partial charge in [0.25, 0.3) is 11.8 Å². The predicted octanol–water partition coefficient (Wildman–Crippen LogP) is 1.98. The first-order valence-corrected chi connectivity index (χ1v) is 8.83. The fourth-order valence-electron chi connectivity index (χ4n) is 3.07. The lowest BCUT2D eigenvalue weighted by Gasteiger charge is -2.31. The molecule has 1 fully saturated rings. The third kappa shape index (κ3) is 4.72. The molecule has 0 spiro atoms. The van der Waals surface area contributed by atoms with Gasteiger partial charge < -0.3 is 20.1 Å². The van der Waals surface area contributed by atoms with Crippen LogP contribution in [0.2, 0.25) is 0 Å². The summed E-state index contributed by atoms with van der Waals surface area (Å²) < 4.78 is 4.95. The number of hydrogen-bond donors (Lipinski definition) is 2. The number of carbonyl (C=O) groups is 3. The SMILES string of the molecule is CC(=O)Nc1cccc(C(=O)NC2CCN(C(=O)c3cc(C)on3)CC2)c1. The minimum Gasteiger partial charge on any atom is -0.361 e. The first-order valence-electron chi connectivity index (χ1n) is 8.83. The van der Waals surface area contributed by atoms with Crippen LogP contribution in [0.4, 0.5) is 5.69 Å². The molecule has 0 unspecified atom stereocenters. The zero-order valence-corrected chi connectivity index (χ0v) is 15.3. The Morgan fingerprint density at radius 2 is 1.93 bits per heavy atom. The van der Waals surface area contributed by atoms with Crippen molar-refractivity contribution in [2.45, 2.75) is 32.7 Å². The van der Waals surface area contributed by atoms with Crippen LogP contribution in [0.3, 0.4) is 0 Å².